The lowest BCUT2D eigenvalue weighted by Crippen LogP contribution is -2.35. The molecule has 0 aromatic heterocycles. The second-order valence-corrected chi connectivity index (χ2v) is 7.52. The fourth-order valence-corrected chi connectivity index (χ4v) is 3.84. The van der Waals surface area contributed by atoms with Gasteiger partial charge < -0.3 is 18.9 Å². The van der Waals surface area contributed by atoms with Gasteiger partial charge in [-0.3, -0.25) is 0 Å². The Morgan fingerprint density at radius 1 is 0.733 bits per heavy atom. The van der Waals surface area contributed by atoms with Crippen LogP contribution in [0.4, 0.5) is 0 Å². The molecule has 4 rings (SSSR count). The van der Waals surface area contributed by atoms with Crippen LogP contribution in [0.2, 0.25) is 0 Å². The van der Waals surface area contributed by atoms with Crippen molar-refractivity contribution in [1.29, 1.82) is 0 Å². The summed E-state index contributed by atoms with van der Waals surface area (Å²) in [6.45, 7) is 2.42. The van der Waals surface area contributed by atoms with Gasteiger partial charge in [-0.15, -0.1) is 0 Å². The quantitative estimate of drug-likeness (QED) is 0.497. The van der Waals surface area contributed by atoms with Crippen molar-refractivity contribution < 1.29 is 18.9 Å². The van der Waals surface area contributed by atoms with Crippen LogP contribution in [0, 0.1) is 0 Å². The van der Waals surface area contributed by atoms with Crippen molar-refractivity contribution in [3.8, 4) is 11.5 Å². The fourth-order valence-electron chi connectivity index (χ4n) is 3.84. The van der Waals surface area contributed by atoms with Gasteiger partial charge in [-0.1, -0.05) is 60.7 Å². The minimum Gasteiger partial charge on any atom is -0.485 e. The summed E-state index contributed by atoms with van der Waals surface area (Å²) >= 11 is 0. The number of hydrogen-bond acceptors (Lipinski definition) is 4. The van der Waals surface area contributed by atoms with Crippen LogP contribution < -0.4 is 9.47 Å². The Bertz CT molecular complexity index is 933. The van der Waals surface area contributed by atoms with Crippen LogP contribution in [0.15, 0.2) is 78.9 Å². The molecular weight excluding hydrogens is 376 g/mol. The maximum absolute atomic E-state index is 6.13. The summed E-state index contributed by atoms with van der Waals surface area (Å²) in [6, 6.07) is 26.4. The Labute approximate surface area is 178 Å². The highest BCUT2D eigenvalue weighted by molar-refractivity contribution is 5.40. The van der Waals surface area contributed by atoms with E-state index in [4.69, 9.17) is 18.9 Å². The van der Waals surface area contributed by atoms with Crippen LogP contribution in [-0.2, 0) is 28.3 Å². The average Bonchev–Trinajstić information content (AvgIpc) is 2.83. The topological polar surface area (TPSA) is 36.9 Å². The van der Waals surface area contributed by atoms with Crippen LogP contribution in [0.1, 0.15) is 29.5 Å². The molecule has 0 aliphatic carbocycles. The Balaban J connectivity index is 1.44. The van der Waals surface area contributed by atoms with E-state index in [-0.39, 0.29) is 5.60 Å². The predicted octanol–water partition coefficient (Wildman–Crippen LogP) is 5.50. The molecule has 4 heteroatoms. The van der Waals surface area contributed by atoms with E-state index in [1.165, 1.54) is 5.56 Å². The van der Waals surface area contributed by atoms with E-state index < -0.39 is 0 Å². The van der Waals surface area contributed by atoms with E-state index >= 15 is 0 Å². The maximum Gasteiger partial charge on any atom is 0.161 e. The summed E-state index contributed by atoms with van der Waals surface area (Å²) in [5.41, 5.74) is 3.14. The molecule has 3 aromatic carbocycles. The minimum atomic E-state index is -0.273. The molecule has 1 fully saturated rings. The molecule has 0 bridgehead atoms. The standard InChI is InChI=1S/C26H28O4/c1-27-26(14-16-28-17-15-26)23-11-7-10-22(18-23)20-30-25-13-6-5-12-24(25)29-19-21-8-3-2-4-9-21/h2-13,18H,14-17,19-20H2,1H3. The monoisotopic (exact) mass is 404 g/mol. The summed E-state index contributed by atoms with van der Waals surface area (Å²) in [7, 11) is 1.79. The van der Waals surface area contributed by atoms with E-state index in [0.29, 0.717) is 13.2 Å². The van der Waals surface area contributed by atoms with Gasteiger partial charge in [0.15, 0.2) is 11.5 Å². The SMILES string of the molecule is COC1(c2cccc(COc3ccccc3OCc3ccccc3)c2)CCOCC1. The molecule has 0 radical (unpaired) electrons. The molecule has 0 spiro atoms. The summed E-state index contributed by atoms with van der Waals surface area (Å²) < 4.78 is 23.6. The summed E-state index contributed by atoms with van der Waals surface area (Å²) in [6.07, 6.45) is 1.73. The number of rotatable bonds is 8. The van der Waals surface area contributed by atoms with Gasteiger partial charge in [-0.25, -0.2) is 0 Å². The molecular formula is C26H28O4. The van der Waals surface area contributed by atoms with Crippen LogP contribution in [-0.4, -0.2) is 20.3 Å². The van der Waals surface area contributed by atoms with Crippen LogP contribution >= 0.6 is 0 Å². The molecule has 30 heavy (non-hydrogen) atoms. The summed E-state index contributed by atoms with van der Waals surface area (Å²) in [5, 5.41) is 0. The third-order valence-electron chi connectivity index (χ3n) is 5.62. The molecule has 4 nitrogen and oxygen atoms in total. The van der Waals surface area contributed by atoms with Crippen molar-refractivity contribution in [1.82, 2.24) is 0 Å². The highest BCUT2D eigenvalue weighted by Gasteiger charge is 2.34. The smallest absolute Gasteiger partial charge is 0.161 e. The first-order valence-corrected chi connectivity index (χ1v) is 10.4. The second kappa shape index (κ2) is 9.79. The largest absolute Gasteiger partial charge is 0.485 e. The molecule has 1 saturated heterocycles. The zero-order chi connectivity index (χ0) is 20.7. The number of hydrogen-bond donors (Lipinski definition) is 0. The van der Waals surface area contributed by atoms with E-state index in [0.717, 1.165) is 48.7 Å². The van der Waals surface area contributed by atoms with Gasteiger partial charge in [-0.05, 0) is 34.9 Å². The first-order valence-electron chi connectivity index (χ1n) is 10.4. The molecule has 0 unspecified atom stereocenters. The molecule has 3 aromatic rings. The van der Waals surface area contributed by atoms with E-state index in [1.54, 1.807) is 7.11 Å². The average molecular weight is 405 g/mol. The van der Waals surface area contributed by atoms with Crippen LogP contribution in [0.5, 0.6) is 11.5 Å². The van der Waals surface area contributed by atoms with Gasteiger partial charge in [0, 0.05) is 33.2 Å². The zero-order valence-electron chi connectivity index (χ0n) is 17.4. The van der Waals surface area contributed by atoms with Crippen LogP contribution in [0.3, 0.4) is 0 Å². The minimum absolute atomic E-state index is 0.273. The fraction of sp³-hybridized carbons (Fsp3) is 0.308. The molecule has 0 atom stereocenters. The second-order valence-electron chi connectivity index (χ2n) is 7.52. The lowest BCUT2D eigenvalue weighted by Gasteiger charge is -2.36. The molecule has 1 aliphatic rings. The van der Waals surface area contributed by atoms with E-state index in [1.807, 2.05) is 42.5 Å². The van der Waals surface area contributed by atoms with E-state index in [2.05, 4.69) is 36.4 Å². The van der Waals surface area contributed by atoms with Crippen molar-refractivity contribution in [2.45, 2.75) is 31.7 Å². The lowest BCUT2D eigenvalue weighted by molar-refractivity contribution is -0.0948. The van der Waals surface area contributed by atoms with Gasteiger partial charge in [0.1, 0.15) is 13.2 Å². The summed E-state index contributed by atoms with van der Waals surface area (Å²) in [5.74, 6) is 1.49. The lowest BCUT2D eigenvalue weighted by atomic mass is 9.85. The highest BCUT2D eigenvalue weighted by Crippen LogP contribution is 2.36. The van der Waals surface area contributed by atoms with Gasteiger partial charge >= 0.3 is 0 Å². The van der Waals surface area contributed by atoms with Gasteiger partial charge in [0.25, 0.3) is 0 Å². The Morgan fingerprint density at radius 2 is 1.33 bits per heavy atom. The van der Waals surface area contributed by atoms with E-state index in [9.17, 15) is 0 Å². The third kappa shape index (κ3) is 4.84. The number of ether oxygens (including phenoxy) is 4. The van der Waals surface area contributed by atoms with Gasteiger partial charge in [0.05, 0.1) is 5.60 Å². The number of para-hydroxylation sites is 2. The predicted molar refractivity (Wildman–Crippen MR) is 117 cm³/mol. The maximum atomic E-state index is 6.13. The Morgan fingerprint density at radius 3 is 2.00 bits per heavy atom. The highest BCUT2D eigenvalue weighted by atomic mass is 16.5. The van der Waals surface area contributed by atoms with Crippen molar-refractivity contribution in [2.24, 2.45) is 0 Å². The molecule has 0 saturated carbocycles. The third-order valence-corrected chi connectivity index (χ3v) is 5.62. The molecule has 1 heterocycles. The van der Waals surface area contributed by atoms with Crippen molar-refractivity contribution in [3.05, 3.63) is 95.6 Å². The van der Waals surface area contributed by atoms with Crippen molar-refractivity contribution in [2.75, 3.05) is 20.3 Å². The van der Waals surface area contributed by atoms with Crippen LogP contribution in [0.25, 0.3) is 0 Å². The molecule has 156 valence electrons. The molecule has 0 N–H and O–H groups in total. The molecule has 0 amide bonds. The molecule has 1 aliphatic heterocycles. The van der Waals surface area contributed by atoms with Crippen molar-refractivity contribution in [3.63, 3.8) is 0 Å². The number of methoxy groups -OCH3 is 1. The zero-order valence-corrected chi connectivity index (χ0v) is 17.4. The van der Waals surface area contributed by atoms with Gasteiger partial charge in [0.2, 0.25) is 0 Å². The number of benzene rings is 3. The Hall–Kier alpha value is -2.82. The van der Waals surface area contributed by atoms with Gasteiger partial charge in [-0.2, -0.15) is 0 Å². The normalized spacial score (nSPS) is 15.5. The first-order chi connectivity index (χ1) is 14.8. The first kappa shape index (κ1) is 20.5. The Kier molecular flexibility index (Phi) is 6.67. The van der Waals surface area contributed by atoms with Crippen molar-refractivity contribution >= 4 is 0 Å². The summed E-state index contributed by atoms with van der Waals surface area (Å²) in [4.78, 5) is 0.